The van der Waals surface area contributed by atoms with Crippen molar-refractivity contribution in [2.45, 2.75) is 25.4 Å². The second-order valence-corrected chi connectivity index (χ2v) is 4.20. The number of piperidine rings is 1. The van der Waals surface area contributed by atoms with Crippen LogP contribution in [-0.2, 0) is 4.79 Å². The molecule has 6 heteroatoms. The maximum absolute atomic E-state index is 11.6. The van der Waals surface area contributed by atoms with E-state index < -0.39 is 23.2 Å². The standard InChI is InChI=1S/C12H15N3O3/c16-11-8-4-7-10(15(11)18)14-12(17)13-9-5-2-1-3-6-9/h1-3,5-6,10,15H,4,7-8H2,(H2,13,14,17). The molecule has 2 atom stereocenters. The van der Waals surface area contributed by atoms with Gasteiger partial charge in [0.1, 0.15) is 0 Å². The molecule has 1 heterocycles. The highest BCUT2D eigenvalue weighted by Crippen LogP contribution is 2.05. The lowest BCUT2D eigenvalue weighted by Gasteiger charge is -2.32. The van der Waals surface area contributed by atoms with E-state index in [1.165, 1.54) is 0 Å². The topological polar surface area (TPSA) is 85.7 Å². The number of carbonyl (C=O) groups is 2. The van der Waals surface area contributed by atoms with E-state index in [2.05, 4.69) is 10.6 Å². The van der Waals surface area contributed by atoms with Crippen LogP contribution in [0, 0.1) is 5.21 Å². The van der Waals surface area contributed by atoms with Crippen molar-refractivity contribution in [3.63, 3.8) is 0 Å². The Balaban J connectivity index is 1.89. The highest BCUT2D eigenvalue weighted by atomic mass is 16.5. The molecule has 2 rings (SSSR count). The number of nitrogens with one attached hydrogen (secondary N) is 3. The van der Waals surface area contributed by atoms with Crippen LogP contribution >= 0.6 is 0 Å². The lowest BCUT2D eigenvalue weighted by molar-refractivity contribution is -0.802. The molecule has 18 heavy (non-hydrogen) atoms. The molecule has 3 amide bonds. The molecule has 1 aliphatic rings. The molecule has 1 aromatic rings. The van der Waals surface area contributed by atoms with E-state index in [9.17, 15) is 14.8 Å². The molecule has 0 aliphatic carbocycles. The smallest absolute Gasteiger partial charge is 0.323 e. The van der Waals surface area contributed by atoms with Crippen LogP contribution in [0.4, 0.5) is 10.5 Å². The summed E-state index contributed by atoms with van der Waals surface area (Å²) < 4.78 is 0. The quantitative estimate of drug-likeness (QED) is 0.656. The molecule has 0 spiro atoms. The number of hydrogen-bond acceptors (Lipinski definition) is 3. The van der Waals surface area contributed by atoms with Crippen molar-refractivity contribution in [2.24, 2.45) is 0 Å². The first-order valence-electron chi connectivity index (χ1n) is 5.86. The van der Waals surface area contributed by atoms with Gasteiger partial charge in [-0.15, -0.1) is 0 Å². The molecular weight excluding hydrogens is 234 g/mol. The zero-order valence-electron chi connectivity index (χ0n) is 9.81. The third-order valence-corrected chi connectivity index (χ3v) is 2.82. The van der Waals surface area contributed by atoms with Gasteiger partial charge in [-0.2, -0.15) is 0 Å². The monoisotopic (exact) mass is 249 g/mol. The molecule has 96 valence electrons. The van der Waals surface area contributed by atoms with Crippen molar-refractivity contribution >= 4 is 17.6 Å². The molecule has 0 bridgehead atoms. The van der Waals surface area contributed by atoms with Crippen LogP contribution in [0.3, 0.4) is 0 Å². The largest absolute Gasteiger partial charge is 0.625 e. The lowest BCUT2D eigenvalue weighted by atomic mass is 10.1. The molecule has 2 unspecified atom stereocenters. The highest BCUT2D eigenvalue weighted by Gasteiger charge is 2.28. The highest BCUT2D eigenvalue weighted by molar-refractivity contribution is 5.89. The summed E-state index contributed by atoms with van der Waals surface area (Å²) in [6.07, 6.45) is 0.764. The fourth-order valence-corrected chi connectivity index (χ4v) is 1.90. The van der Waals surface area contributed by atoms with Crippen LogP contribution in [0.1, 0.15) is 19.3 Å². The molecule has 1 saturated heterocycles. The molecular formula is C12H15N3O3. The zero-order valence-corrected chi connectivity index (χ0v) is 9.81. The average molecular weight is 249 g/mol. The van der Waals surface area contributed by atoms with Gasteiger partial charge in [0.15, 0.2) is 6.17 Å². The van der Waals surface area contributed by atoms with Crippen LogP contribution < -0.4 is 15.7 Å². The predicted molar refractivity (Wildman–Crippen MR) is 65.6 cm³/mol. The van der Waals surface area contributed by atoms with E-state index in [1.54, 1.807) is 24.3 Å². The Hall–Kier alpha value is -1.92. The average Bonchev–Trinajstić information content (AvgIpc) is 2.36. The maximum atomic E-state index is 11.6. The van der Waals surface area contributed by atoms with Crippen molar-refractivity contribution in [3.05, 3.63) is 35.5 Å². The summed E-state index contributed by atoms with van der Waals surface area (Å²) >= 11 is 0. The number of urea groups is 1. The Morgan fingerprint density at radius 2 is 2.06 bits per heavy atom. The summed E-state index contributed by atoms with van der Waals surface area (Å²) in [5.41, 5.74) is 0.643. The first kappa shape index (κ1) is 12.5. The van der Waals surface area contributed by atoms with Gasteiger partial charge < -0.3 is 10.5 Å². The molecule has 1 aromatic carbocycles. The minimum atomic E-state index is -0.685. The predicted octanol–water partition coefficient (Wildman–Crippen LogP) is 0.227. The number of rotatable bonds is 2. The first-order chi connectivity index (χ1) is 8.66. The molecule has 0 saturated carbocycles. The van der Waals surface area contributed by atoms with Gasteiger partial charge >= 0.3 is 11.9 Å². The van der Waals surface area contributed by atoms with Crippen molar-refractivity contribution in [3.8, 4) is 0 Å². The van der Waals surface area contributed by atoms with Crippen LogP contribution in [0.25, 0.3) is 0 Å². The van der Waals surface area contributed by atoms with Crippen molar-refractivity contribution < 1.29 is 14.7 Å². The van der Waals surface area contributed by atoms with E-state index in [1.807, 2.05) is 6.07 Å². The van der Waals surface area contributed by atoms with Gasteiger partial charge in [-0.25, -0.2) is 9.59 Å². The summed E-state index contributed by atoms with van der Waals surface area (Å²) in [7, 11) is 0. The molecule has 0 radical (unpaired) electrons. The van der Waals surface area contributed by atoms with Crippen molar-refractivity contribution in [1.29, 1.82) is 0 Å². The Kier molecular flexibility index (Phi) is 3.91. The lowest BCUT2D eigenvalue weighted by Crippen LogP contribution is -3.16. The normalized spacial score (nSPS) is 23.5. The van der Waals surface area contributed by atoms with Gasteiger partial charge in [0.25, 0.3) is 0 Å². The van der Waals surface area contributed by atoms with Crippen LogP contribution in [-0.4, -0.2) is 18.1 Å². The Labute approximate surface area is 105 Å². The number of hydrogen-bond donors (Lipinski definition) is 3. The van der Waals surface area contributed by atoms with Crippen molar-refractivity contribution in [1.82, 2.24) is 5.32 Å². The van der Waals surface area contributed by atoms with E-state index in [0.717, 1.165) is 0 Å². The third-order valence-electron chi connectivity index (χ3n) is 2.82. The van der Waals surface area contributed by atoms with E-state index >= 15 is 0 Å². The molecule has 1 aliphatic heterocycles. The van der Waals surface area contributed by atoms with Gasteiger partial charge in [-0.1, -0.05) is 18.2 Å². The second-order valence-electron chi connectivity index (χ2n) is 4.20. The van der Waals surface area contributed by atoms with Crippen LogP contribution in [0.2, 0.25) is 0 Å². The van der Waals surface area contributed by atoms with E-state index in [-0.39, 0.29) is 6.42 Å². The maximum Gasteiger partial charge on any atom is 0.323 e. The fourth-order valence-electron chi connectivity index (χ4n) is 1.90. The first-order valence-corrected chi connectivity index (χ1v) is 5.86. The number of hydroxylamine groups is 2. The number of carbonyl (C=O) groups excluding carboxylic acids is 2. The number of amides is 3. The van der Waals surface area contributed by atoms with E-state index in [4.69, 9.17) is 0 Å². The summed E-state index contributed by atoms with van der Waals surface area (Å²) in [6.45, 7) is 0. The Morgan fingerprint density at radius 1 is 1.33 bits per heavy atom. The van der Waals surface area contributed by atoms with Gasteiger partial charge in [-0.3, -0.25) is 10.4 Å². The number of benzene rings is 1. The SMILES string of the molecule is O=C(Nc1ccccc1)NC1CCCC(=O)[NH+]1[O-]. The Morgan fingerprint density at radius 3 is 2.78 bits per heavy atom. The number of quaternary nitrogens is 1. The minimum Gasteiger partial charge on any atom is -0.625 e. The van der Waals surface area contributed by atoms with Gasteiger partial charge in [0.2, 0.25) is 0 Å². The molecule has 3 N–H and O–H groups in total. The van der Waals surface area contributed by atoms with Crippen LogP contribution in [0.15, 0.2) is 30.3 Å². The number of anilines is 1. The van der Waals surface area contributed by atoms with Crippen LogP contribution in [0.5, 0.6) is 0 Å². The summed E-state index contributed by atoms with van der Waals surface area (Å²) in [6, 6.07) is 8.46. The fraction of sp³-hybridized carbons (Fsp3) is 0.333. The van der Waals surface area contributed by atoms with Crippen molar-refractivity contribution in [2.75, 3.05) is 5.32 Å². The summed E-state index contributed by atoms with van der Waals surface area (Å²) in [4.78, 5) is 22.9. The third kappa shape index (κ3) is 3.06. The molecule has 1 fully saturated rings. The number of para-hydroxylation sites is 1. The zero-order chi connectivity index (χ0) is 13.0. The molecule has 0 aromatic heterocycles. The summed E-state index contributed by atoms with van der Waals surface area (Å²) in [5, 5.41) is 16.2. The second kappa shape index (κ2) is 5.61. The Bertz CT molecular complexity index is 435. The van der Waals surface area contributed by atoms with Gasteiger partial charge in [-0.05, 0) is 18.6 Å². The van der Waals surface area contributed by atoms with Gasteiger partial charge in [0, 0.05) is 12.1 Å². The minimum absolute atomic E-state index is 0.289. The van der Waals surface area contributed by atoms with Gasteiger partial charge in [0.05, 0.1) is 6.42 Å². The summed E-state index contributed by atoms with van der Waals surface area (Å²) in [5.74, 6) is -0.397. The molecule has 6 nitrogen and oxygen atoms in total. The van der Waals surface area contributed by atoms with E-state index in [0.29, 0.717) is 18.5 Å².